The number of carbonyl (C=O) groups is 1. The van der Waals surface area contributed by atoms with Crippen LogP contribution in [0.25, 0.3) is 22.4 Å². The number of rotatable bonds is 7. The predicted molar refractivity (Wildman–Crippen MR) is 167 cm³/mol. The zero-order chi connectivity index (χ0) is 27.6. The fraction of sp³-hybridized carbons (Fsp3) is 0.273. The number of hydrogen-bond donors (Lipinski definition) is 1. The first-order chi connectivity index (χ1) is 19.1. The number of carbonyl (C=O) groups excluding carboxylic acids is 1. The van der Waals surface area contributed by atoms with Crippen LogP contribution in [-0.4, -0.2) is 35.1 Å². The van der Waals surface area contributed by atoms with Crippen LogP contribution in [0.5, 0.6) is 0 Å². The van der Waals surface area contributed by atoms with Gasteiger partial charge in [0.15, 0.2) is 0 Å². The van der Waals surface area contributed by atoms with Crippen LogP contribution in [0.3, 0.4) is 0 Å². The highest BCUT2D eigenvalue weighted by molar-refractivity contribution is 7.98. The van der Waals surface area contributed by atoms with E-state index < -0.39 is 0 Å². The number of benzene rings is 3. The fourth-order valence-corrected chi connectivity index (χ4v) is 5.43. The molecule has 1 fully saturated rings. The molecule has 0 aliphatic carbocycles. The maximum Gasteiger partial charge on any atom is 0.256 e. The summed E-state index contributed by atoms with van der Waals surface area (Å²) in [6.45, 7) is 7.33. The van der Waals surface area contributed by atoms with Crippen molar-refractivity contribution in [2.75, 3.05) is 24.7 Å². The van der Waals surface area contributed by atoms with Gasteiger partial charge < -0.3 is 5.32 Å². The second-order valence-electron chi connectivity index (χ2n) is 9.31. The molecule has 5 rings (SSSR count). The van der Waals surface area contributed by atoms with E-state index in [-0.39, 0.29) is 5.91 Å². The molecule has 0 spiro atoms. The van der Waals surface area contributed by atoms with Crippen LogP contribution < -0.4 is 5.32 Å². The van der Waals surface area contributed by atoms with E-state index in [1.807, 2.05) is 62.6 Å². The van der Waals surface area contributed by atoms with Crippen LogP contribution in [0.2, 0.25) is 5.02 Å². The normalized spacial score (nSPS) is 13.3. The van der Waals surface area contributed by atoms with E-state index >= 15 is 0 Å². The second kappa shape index (κ2) is 14.3. The molecule has 39 heavy (non-hydrogen) atoms. The molecule has 1 N–H and O–H groups in total. The minimum absolute atomic E-state index is 0.158. The zero-order valence-electron chi connectivity index (χ0n) is 22.9. The number of nitrogens with one attached hydrogen (secondary N) is 1. The summed E-state index contributed by atoms with van der Waals surface area (Å²) in [5, 5.41) is 3.66. The van der Waals surface area contributed by atoms with Gasteiger partial charge in [0.2, 0.25) is 0 Å². The highest BCUT2D eigenvalue weighted by Gasteiger charge is 2.16. The maximum atomic E-state index is 13.5. The Hall–Kier alpha value is -3.12. The Balaban J connectivity index is 0.00000172. The maximum absolute atomic E-state index is 13.5. The Morgan fingerprint density at radius 2 is 1.69 bits per heavy atom. The van der Waals surface area contributed by atoms with Crippen LogP contribution in [-0.2, 0) is 6.54 Å². The molecule has 0 unspecified atom stereocenters. The molecule has 3 aromatic carbocycles. The first-order valence-corrected chi connectivity index (χ1v) is 15.2. The molecule has 0 bridgehead atoms. The van der Waals surface area contributed by atoms with Gasteiger partial charge >= 0.3 is 0 Å². The minimum atomic E-state index is -0.158. The number of anilines is 1. The van der Waals surface area contributed by atoms with Gasteiger partial charge in [0, 0.05) is 34.5 Å². The van der Waals surface area contributed by atoms with E-state index in [4.69, 9.17) is 11.6 Å². The number of amides is 1. The molecule has 0 atom stereocenters. The first kappa shape index (κ1) is 28.9. The first-order valence-electron chi connectivity index (χ1n) is 13.6. The van der Waals surface area contributed by atoms with Crippen molar-refractivity contribution in [3.05, 3.63) is 101 Å². The molecule has 4 aromatic rings. The van der Waals surface area contributed by atoms with Crippen molar-refractivity contribution in [2.45, 2.75) is 44.6 Å². The van der Waals surface area contributed by atoms with Crippen molar-refractivity contribution in [1.82, 2.24) is 9.88 Å². The van der Waals surface area contributed by atoms with Crippen LogP contribution in [0, 0.1) is 0 Å². The van der Waals surface area contributed by atoms with E-state index in [1.54, 1.807) is 24.0 Å². The number of piperidine rings is 1. The third kappa shape index (κ3) is 7.51. The van der Waals surface area contributed by atoms with Crippen LogP contribution in [0.15, 0.2) is 90.0 Å². The molecular formula is C33H36ClN3OS. The van der Waals surface area contributed by atoms with Gasteiger partial charge in [-0.05, 0) is 97.4 Å². The van der Waals surface area contributed by atoms with Gasteiger partial charge in [-0.25, -0.2) is 0 Å². The number of likely N-dealkylation sites (tertiary alicyclic amines) is 1. The lowest BCUT2D eigenvalue weighted by Gasteiger charge is -2.26. The molecule has 0 radical (unpaired) electrons. The number of pyridine rings is 1. The predicted octanol–water partition coefficient (Wildman–Crippen LogP) is 9.06. The van der Waals surface area contributed by atoms with Crippen molar-refractivity contribution in [2.24, 2.45) is 0 Å². The number of halogens is 1. The highest BCUT2D eigenvalue weighted by atomic mass is 35.5. The Bertz CT molecular complexity index is 1370. The molecule has 1 amide bonds. The number of thioether (sulfide) groups is 1. The van der Waals surface area contributed by atoms with Crippen molar-refractivity contribution in [1.29, 1.82) is 0 Å². The molecule has 4 nitrogen and oxygen atoms in total. The summed E-state index contributed by atoms with van der Waals surface area (Å²) in [6, 6.07) is 25.8. The number of hydrogen-bond acceptors (Lipinski definition) is 4. The largest absolute Gasteiger partial charge is 0.322 e. The van der Waals surface area contributed by atoms with Crippen molar-refractivity contribution in [3.63, 3.8) is 0 Å². The van der Waals surface area contributed by atoms with E-state index in [1.165, 1.54) is 37.9 Å². The summed E-state index contributed by atoms with van der Waals surface area (Å²) in [5.74, 6) is -0.158. The SMILES string of the molecule is CC.CSc1ccc(C(=O)Nc2ccc(Cl)c(-c3ccccn3)c2)c(-c2ccc(CN3CCCCC3)cc2)c1. The fourth-order valence-electron chi connectivity index (χ4n) is 4.77. The standard InChI is InChI=1S/C31H30ClN3OS.C2H6/c1-37-25-13-14-26(27(20-25)23-10-8-22(9-11-23)21-35-17-5-2-6-18-35)31(36)34-24-12-15-29(32)28(19-24)30-7-3-4-16-33-30;1-2/h3-4,7-16,19-20H,2,5-6,17-18,21H2,1H3,(H,34,36);1-2H3. The lowest BCUT2D eigenvalue weighted by Crippen LogP contribution is -2.29. The van der Waals surface area contributed by atoms with Gasteiger partial charge in [0.25, 0.3) is 5.91 Å². The minimum Gasteiger partial charge on any atom is -0.322 e. The average molecular weight is 558 g/mol. The molecule has 1 aliphatic rings. The molecule has 1 aromatic heterocycles. The van der Waals surface area contributed by atoms with Crippen molar-refractivity contribution >= 4 is 35.0 Å². The third-order valence-corrected chi connectivity index (χ3v) is 7.81. The van der Waals surface area contributed by atoms with Gasteiger partial charge in [0.1, 0.15) is 0 Å². The van der Waals surface area contributed by atoms with E-state index in [0.717, 1.165) is 33.8 Å². The average Bonchev–Trinajstić information content (AvgIpc) is 3.00. The number of aromatic nitrogens is 1. The summed E-state index contributed by atoms with van der Waals surface area (Å²) in [7, 11) is 0. The summed E-state index contributed by atoms with van der Waals surface area (Å²) in [5.41, 5.74) is 6.12. The Morgan fingerprint density at radius 3 is 2.38 bits per heavy atom. The smallest absolute Gasteiger partial charge is 0.256 e. The zero-order valence-corrected chi connectivity index (χ0v) is 24.5. The van der Waals surface area contributed by atoms with Gasteiger partial charge in [-0.2, -0.15) is 0 Å². The molecular weight excluding hydrogens is 522 g/mol. The van der Waals surface area contributed by atoms with E-state index in [9.17, 15) is 4.79 Å². The molecule has 1 aliphatic heterocycles. The molecule has 6 heteroatoms. The molecule has 202 valence electrons. The highest BCUT2D eigenvalue weighted by Crippen LogP contribution is 2.32. The lowest BCUT2D eigenvalue weighted by molar-refractivity contribution is 0.102. The second-order valence-corrected chi connectivity index (χ2v) is 10.6. The molecule has 1 saturated heterocycles. The Labute approximate surface area is 241 Å². The summed E-state index contributed by atoms with van der Waals surface area (Å²) in [4.78, 5) is 21.5. The van der Waals surface area contributed by atoms with Crippen molar-refractivity contribution in [3.8, 4) is 22.4 Å². The molecule has 2 heterocycles. The third-order valence-electron chi connectivity index (χ3n) is 6.76. The monoisotopic (exact) mass is 557 g/mol. The Kier molecular flexibility index (Phi) is 10.6. The molecule has 0 saturated carbocycles. The summed E-state index contributed by atoms with van der Waals surface area (Å²) < 4.78 is 0. The Morgan fingerprint density at radius 1 is 0.923 bits per heavy atom. The van der Waals surface area contributed by atoms with Gasteiger partial charge in [-0.1, -0.05) is 62.2 Å². The van der Waals surface area contributed by atoms with E-state index in [0.29, 0.717) is 16.3 Å². The van der Waals surface area contributed by atoms with Gasteiger partial charge in [-0.3, -0.25) is 14.7 Å². The summed E-state index contributed by atoms with van der Waals surface area (Å²) in [6.07, 6.45) is 7.69. The summed E-state index contributed by atoms with van der Waals surface area (Å²) >= 11 is 8.11. The van der Waals surface area contributed by atoms with Gasteiger partial charge in [-0.15, -0.1) is 11.8 Å². The number of nitrogens with zero attached hydrogens (tertiary/aromatic N) is 2. The quantitative estimate of drug-likeness (QED) is 0.230. The van der Waals surface area contributed by atoms with E-state index in [2.05, 4.69) is 45.5 Å². The van der Waals surface area contributed by atoms with Crippen LogP contribution in [0.4, 0.5) is 5.69 Å². The van der Waals surface area contributed by atoms with Crippen LogP contribution in [0.1, 0.15) is 49.0 Å². The van der Waals surface area contributed by atoms with Gasteiger partial charge in [0.05, 0.1) is 10.7 Å². The lowest BCUT2D eigenvalue weighted by atomic mass is 9.97. The topological polar surface area (TPSA) is 45.2 Å². The van der Waals surface area contributed by atoms with Crippen molar-refractivity contribution < 1.29 is 4.79 Å². The van der Waals surface area contributed by atoms with Crippen LogP contribution >= 0.6 is 23.4 Å².